The van der Waals surface area contributed by atoms with Gasteiger partial charge in [0.15, 0.2) is 0 Å². The van der Waals surface area contributed by atoms with Crippen molar-refractivity contribution in [3.05, 3.63) is 35.4 Å². The number of ketones is 2. The lowest BCUT2D eigenvalue weighted by Crippen LogP contribution is -2.21. The van der Waals surface area contributed by atoms with E-state index in [1.807, 2.05) is 12.1 Å². The van der Waals surface area contributed by atoms with E-state index in [9.17, 15) is 9.59 Å². The highest BCUT2D eigenvalue weighted by Crippen LogP contribution is 2.20. The second-order valence-corrected chi connectivity index (χ2v) is 5.03. The minimum absolute atomic E-state index is 0.0477. The van der Waals surface area contributed by atoms with Gasteiger partial charge in [-0.1, -0.05) is 38.1 Å². The second-order valence-electron chi connectivity index (χ2n) is 5.03. The van der Waals surface area contributed by atoms with E-state index < -0.39 is 5.92 Å². The molecule has 1 unspecified atom stereocenters. The Morgan fingerprint density at radius 1 is 1.06 bits per heavy atom. The Morgan fingerprint density at radius 3 is 1.94 bits per heavy atom. The molecule has 0 aromatic heterocycles. The summed E-state index contributed by atoms with van der Waals surface area (Å²) >= 11 is 0. The summed E-state index contributed by atoms with van der Waals surface area (Å²) < 4.78 is 0. The van der Waals surface area contributed by atoms with Gasteiger partial charge in [-0.2, -0.15) is 0 Å². The molecule has 2 heteroatoms. The fourth-order valence-corrected chi connectivity index (χ4v) is 2.03. The molecule has 1 aromatic rings. The Hall–Kier alpha value is -1.44. The monoisotopic (exact) mass is 246 g/mol. The number of carbonyl (C=O) groups excluding carboxylic acids is 2. The first-order valence-corrected chi connectivity index (χ1v) is 6.55. The molecule has 1 aromatic carbocycles. The van der Waals surface area contributed by atoms with Gasteiger partial charge < -0.3 is 0 Å². The molecule has 98 valence electrons. The van der Waals surface area contributed by atoms with Gasteiger partial charge in [0.05, 0.1) is 5.92 Å². The maximum atomic E-state index is 11.4. The van der Waals surface area contributed by atoms with E-state index in [1.165, 1.54) is 19.4 Å². The average Bonchev–Trinajstić information content (AvgIpc) is 2.35. The molecule has 1 atom stereocenters. The molecular formula is C16H22O2. The quantitative estimate of drug-likeness (QED) is 0.719. The van der Waals surface area contributed by atoms with E-state index in [4.69, 9.17) is 0 Å². The van der Waals surface area contributed by atoms with E-state index in [0.717, 1.165) is 12.0 Å². The van der Waals surface area contributed by atoms with Gasteiger partial charge in [-0.15, -0.1) is 0 Å². The first kappa shape index (κ1) is 14.6. The lowest BCUT2D eigenvalue weighted by molar-refractivity contribution is -0.130. The van der Waals surface area contributed by atoms with Crippen LogP contribution in [0.4, 0.5) is 0 Å². The largest absolute Gasteiger partial charge is 0.299 e. The lowest BCUT2D eigenvalue weighted by Gasteiger charge is -2.12. The van der Waals surface area contributed by atoms with Gasteiger partial charge in [-0.05, 0) is 43.7 Å². The van der Waals surface area contributed by atoms with Crippen LogP contribution < -0.4 is 0 Å². The number of carbonyl (C=O) groups is 2. The maximum Gasteiger partial charge on any atom is 0.140 e. The zero-order valence-electron chi connectivity index (χ0n) is 11.7. The van der Waals surface area contributed by atoms with Crippen LogP contribution in [-0.2, 0) is 16.0 Å². The lowest BCUT2D eigenvalue weighted by atomic mass is 9.91. The van der Waals surface area contributed by atoms with Gasteiger partial charge in [0.2, 0.25) is 0 Å². The Bertz CT molecular complexity index is 403. The summed E-state index contributed by atoms with van der Waals surface area (Å²) in [4.78, 5) is 22.8. The summed E-state index contributed by atoms with van der Waals surface area (Å²) in [6, 6.07) is 8.25. The van der Waals surface area contributed by atoms with E-state index in [0.29, 0.717) is 12.3 Å². The third-order valence-electron chi connectivity index (χ3n) is 3.58. The van der Waals surface area contributed by atoms with Crippen molar-refractivity contribution in [1.29, 1.82) is 0 Å². The molecule has 0 heterocycles. The Balaban J connectivity index is 2.79. The topological polar surface area (TPSA) is 34.1 Å². The average molecular weight is 246 g/mol. The predicted octanol–water partition coefficient (Wildman–Crippen LogP) is 3.54. The van der Waals surface area contributed by atoms with Gasteiger partial charge in [-0.25, -0.2) is 0 Å². The highest BCUT2D eigenvalue weighted by Gasteiger charge is 2.19. The molecule has 0 spiro atoms. The van der Waals surface area contributed by atoms with Crippen molar-refractivity contribution in [2.75, 3.05) is 0 Å². The Kier molecular flexibility index (Phi) is 5.26. The summed E-state index contributed by atoms with van der Waals surface area (Å²) in [5.41, 5.74) is 2.36. The van der Waals surface area contributed by atoms with Crippen LogP contribution in [0.25, 0.3) is 0 Å². The molecule has 0 amide bonds. The summed E-state index contributed by atoms with van der Waals surface area (Å²) in [7, 11) is 0. The van der Waals surface area contributed by atoms with Crippen molar-refractivity contribution in [3.8, 4) is 0 Å². The first-order chi connectivity index (χ1) is 8.45. The number of hydrogen-bond acceptors (Lipinski definition) is 2. The third kappa shape index (κ3) is 3.80. The van der Waals surface area contributed by atoms with Gasteiger partial charge in [0, 0.05) is 0 Å². The number of benzene rings is 1. The van der Waals surface area contributed by atoms with Gasteiger partial charge >= 0.3 is 0 Å². The summed E-state index contributed by atoms with van der Waals surface area (Å²) in [5, 5.41) is 0. The molecule has 2 nitrogen and oxygen atoms in total. The van der Waals surface area contributed by atoms with E-state index in [2.05, 4.69) is 26.0 Å². The standard InChI is InChI=1S/C16H22O2/c1-5-11(2)15-8-6-14(7-9-15)10-16(12(3)17)13(4)18/h6-9,11,16H,5,10H2,1-4H3. The zero-order chi connectivity index (χ0) is 13.7. The van der Waals surface area contributed by atoms with Crippen LogP contribution in [0.5, 0.6) is 0 Å². The summed E-state index contributed by atoms with van der Waals surface area (Å²) in [6.07, 6.45) is 1.63. The van der Waals surface area contributed by atoms with Crippen molar-refractivity contribution in [1.82, 2.24) is 0 Å². The highest BCUT2D eigenvalue weighted by atomic mass is 16.1. The van der Waals surface area contributed by atoms with Crippen LogP contribution in [0.2, 0.25) is 0 Å². The maximum absolute atomic E-state index is 11.4. The van der Waals surface area contributed by atoms with Crippen LogP contribution >= 0.6 is 0 Å². The second kappa shape index (κ2) is 6.48. The van der Waals surface area contributed by atoms with E-state index >= 15 is 0 Å². The number of rotatable bonds is 6. The van der Waals surface area contributed by atoms with Crippen LogP contribution in [0, 0.1) is 5.92 Å². The number of hydrogen-bond donors (Lipinski definition) is 0. The van der Waals surface area contributed by atoms with E-state index in [-0.39, 0.29) is 11.6 Å². The molecule has 0 fully saturated rings. The van der Waals surface area contributed by atoms with Gasteiger partial charge in [-0.3, -0.25) is 9.59 Å². The minimum Gasteiger partial charge on any atom is -0.299 e. The first-order valence-electron chi connectivity index (χ1n) is 6.55. The van der Waals surface area contributed by atoms with Crippen molar-refractivity contribution in [3.63, 3.8) is 0 Å². The van der Waals surface area contributed by atoms with Crippen molar-refractivity contribution < 1.29 is 9.59 Å². The molecule has 0 aliphatic rings. The molecule has 0 saturated carbocycles. The van der Waals surface area contributed by atoms with Gasteiger partial charge in [0.1, 0.15) is 11.6 Å². The molecule has 0 aliphatic carbocycles. The van der Waals surface area contributed by atoms with Crippen molar-refractivity contribution in [2.45, 2.75) is 46.5 Å². The predicted molar refractivity (Wildman–Crippen MR) is 73.7 cm³/mol. The van der Waals surface area contributed by atoms with E-state index in [1.54, 1.807) is 0 Å². The molecule has 1 rings (SSSR count). The van der Waals surface area contributed by atoms with Crippen LogP contribution in [0.15, 0.2) is 24.3 Å². The van der Waals surface area contributed by atoms with Crippen LogP contribution in [-0.4, -0.2) is 11.6 Å². The molecular weight excluding hydrogens is 224 g/mol. The zero-order valence-corrected chi connectivity index (χ0v) is 11.7. The van der Waals surface area contributed by atoms with Crippen LogP contribution in [0.3, 0.4) is 0 Å². The molecule has 0 bridgehead atoms. The van der Waals surface area contributed by atoms with Crippen molar-refractivity contribution in [2.24, 2.45) is 5.92 Å². The Morgan fingerprint density at radius 2 is 1.56 bits per heavy atom. The molecule has 0 radical (unpaired) electrons. The third-order valence-corrected chi connectivity index (χ3v) is 3.58. The summed E-state index contributed by atoms with van der Waals surface area (Å²) in [6.45, 7) is 7.34. The highest BCUT2D eigenvalue weighted by molar-refractivity contribution is 6.00. The fraction of sp³-hybridized carbons (Fsp3) is 0.500. The van der Waals surface area contributed by atoms with Crippen molar-refractivity contribution >= 4 is 11.6 Å². The molecule has 0 N–H and O–H groups in total. The Labute approximate surface area is 109 Å². The van der Waals surface area contributed by atoms with Crippen LogP contribution in [0.1, 0.15) is 51.2 Å². The number of Topliss-reactive ketones (excluding diaryl/α,β-unsaturated/α-hetero) is 2. The smallest absolute Gasteiger partial charge is 0.140 e. The molecule has 18 heavy (non-hydrogen) atoms. The SMILES string of the molecule is CCC(C)c1ccc(CC(C(C)=O)C(C)=O)cc1. The van der Waals surface area contributed by atoms with Gasteiger partial charge in [0.25, 0.3) is 0 Å². The summed E-state index contributed by atoms with van der Waals surface area (Å²) in [5.74, 6) is -0.0306. The minimum atomic E-state index is -0.487. The molecule has 0 saturated heterocycles. The molecule has 0 aliphatic heterocycles. The fourth-order valence-electron chi connectivity index (χ4n) is 2.03. The normalized spacial score (nSPS) is 12.5.